The second kappa shape index (κ2) is 8.29. The Hall–Kier alpha value is -3.56. The van der Waals surface area contributed by atoms with Gasteiger partial charge in [0.25, 0.3) is 5.91 Å². The van der Waals surface area contributed by atoms with Gasteiger partial charge in [-0.1, -0.05) is 12.1 Å². The lowest BCUT2D eigenvalue weighted by molar-refractivity contribution is -0.118. The van der Waals surface area contributed by atoms with Crippen molar-refractivity contribution in [2.45, 2.75) is 0 Å². The smallest absolute Gasteiger partial charge is 0.262 e. The lowest BCUT2D eigenvalue weighted by Crippen LogP contribution is -2.25. The molecule has 0 saturated heterocycles. The number of nitrogens with zero attached hydrogens (tertiary/aromatic N) is 3. The lowest BCUT2D eigenvalue weighted by Gasteiger charge is -2.18. The molecule has 1 amide bonds. The van der Waals surface area contributed by atoms with Crippen molar-refractivity contribution in [2.24, 2.45) is 10.1 Å². The van der Waals surface area contributed by atoms with Crippen LogP contribution in [0.4, 0.5) is 15.8 Å². The van der Waals surface area contributed by atoms with Crippen molar-refractivity contribution in [3.8, 4) is 17.0 Å². The Morgan fingerprint density at radius 2 is 2.06 bits per heavy atom. The number of hydrogen-bond acceptors (Lipinski definition) is 6. The van der Waals surface area contributed by atoms with Gasteiger partial charge in [-0.3, -0.25) is 4.79 Å². The van der Waals surface area contributed by atoms with Crippen molar-refractivity contribution < 1.29 is 13.9 Å². The highest BCUT2D eigenvalue weighted by Crippen LogP contribution is 2.33. The van der Waals surface area contributed by atoms with E-state index in [9.17, 15) is 9.18 Å². The number of carbonyl (C=O) groups excluding carboxylic acids is 1. The van der Waals surface area contributed by atoms with E-state index in [1.807, 2.05) is 40.4 Å². The SMILES string of the molecule is O=C1COc2ccc(-c3csc(=Nc4ccccc4F)n3N=Cc3ccsc3)cc2N1. The molecule has 2 aromatic carbocycles. The number of nitrogens with one attached hydrogen (secondary N) is 1. The van der Waals surface area contributed by atoms with Gasteiger partial charge >= 0.3 is 0 Å². The Labute approximate surface area is 184 Å². The Balaban J connectivity index is 1.64. The summed E-state index contributed by atoms with van der Waals surface area (Å²) in [6, 6.07) is 13.8. The number of amides is 1. The van der Waals surface area contributed by atoms with Gasteiger partial charge in [0.1, 0.15) is 17.3 Å². The molecule has 0 fully saturated rings. The molecule has 9 heteroatoms. The van der Waals surface area contributed by atoms with Crippen LogP contribution in [-0.2, 0) is 4.79 Å². The average molecular weight is 451 g/mol. The van der Waals surface area contributed by atoms with E-state index in [-0.39, 0.29) is 18.2 Å². The van der Waals surface area contributed by atoms with Crippen LogP contribution in [0.15, 0.2) is 74.8 Å². The molecular formula is C22H15FN4O2S2. The number of aromatic nitrogens is 1. The van der Waals surface area contributed by atoms with E-state index in [0.29, 0.717) is 16.2 Å². The molecule has 154 valence electrons. The number of rotatable bonds is 4. The van der Waals surface area contributed by atoms with Gasteiger partial charge in [-0.2, -0.15) is 16.4 Å². The Kier molecular flexibility index (Phi) is 5.19. The summed E-state index contributed by atoms with van der Waals surface area (Å²) in [5.41, 5.74) is 3.37. The number of hydrogen-bond donors (Lipinski definition) is 1. The Morgan fingerprint density at radius 3 is 2.90 bits per heavy atom. The molecule has 3 heterocycles. The van der Waals surface area contributed by atoms with Crippen molar-refractivity contribution in [1.29, 1.82) is 0 Å². The van der Waals surface area contributed by atoms with Crippen LogP contribution in [0.5, 0.6) is 5.75 Å². The van der Waals surface area contributed by atoms with Gasteiger partial charge in [0, 0.05) is 16.5 Å². The highest BCUT2D eigenvalue weighted by molar-refractivity contribution is 7.08. The molecule has 0 unspecified atom stereocenters. The molecule has 6 nitrogen and oxygen atoms in total. The number of halogens is 1. The maximum absolute atomic E-state index is 14.2. The van der Waals surface area contributed by atoms with Crippen LogP contribution in [0, 0.1) is 5.82 Å². The highest BCUT2D eigenvalue weighted by Gasteiger charge is 2.18. The summed E-state index contributed by atoms with van der Waals surface area (Å²) in [4.78, 5) is 16.7. The molecule has 0 aliphatic carbocycles. The van der Waals surface area contributed by atoms with Gasteiger partial charge in [0.15, 0.2) is 6.61 Å². The molecule has 0 saturated carbocycles. The average Bonchev–Trinajstić information content (AvgIpc) is 3.43. The standard InChI is InChI=1S/C22H15FN4O2S2/c23-16-3-1-2-4-17(16)26-22-27(24-10-14-7-8-30-12-14)19(13-31-22)15-5-6-20-18(9-15)25-21(28)11-29-20/h1-10,12-13H,11H2,(H,25,28). The summed E-state index contributed by atoms with van der Waals surface area (Å²) >= 11 is 2.93. The third kappa shape index (κ3) is 4.05. The van der Waals surface area contributed by atoms with Crippen molar-refractivity contribution >= 4 is 46.2 Å². The van der Waals surface area contributed by atoms with Crippen LogP contribution in [0.25, 0.3) is 11.3 Å². The number of carbonyl (C=O) groups is 1. The number of anilines is 1. The third-order valence-electron chi connectivity index (χ3n) is 4.53. The zero-order chi connectivity index (χ0) is 21.2. The molecular weight excluding hydrogens is 435 g/mol. The first-order valence-electron chi connectivity index (χ1n) is 9.31. The largest absolute Gasteiger partial charge is 0.482 e. The van der Waals surface area contributed by atoms with Crippen molar-refractivity contribution in [3.05, 3.63) is 80.9 Å². The quantitative estimate of drug-likeness (QED) is 0.451. The number of benzene rings is 2. The van der Waals surface area contributed by atoms with E-state index in [4.69, 9.17) is 4.74 Å². The first-order chi connectivity index (χ1) is 15.2. The molecule has 0 atom stereocenters. The van der Waals surface area contributed by atoms with E-state index in [2.05, 4.69) is 15.4 Å². The molecule has 0 bridgehead atoms. The van der Waals surface area contributed by atoms with Crippen LogP contribution in [0.1, 0.15) is 5.56 Å². The molecule has 1 aliphatic rings. The Bertz CT molecular complexity index is 1360. The topological polar surface area (TPSA) is 68.0 Å². The number of thiophene rings is 1. The molecule has 4 aromatic rings. The minimum atomic E-state index is -0.403. The minimum absolute atomic E-state index is 0.00139. The van der Waals surface area contributed by atoms with Gasteiger partial charge in [0.05, 0.1) is 17.6 Å². The summed E-state index contributed by atoms with van der Waals surface area (Å²) in [5.74, 6) is 0.0104. The van der Waals surface area contributed by atoms with Crippen molar-refractivity contribution in [3.63, 3.8) is 0 Å². The minimum Gasteiger partial charge on any atom is -0.482 e. The second-order valence-corrected chi connectivity index (χ2v) is 8.24. The normalized spacial score (nSPS) is 13.8. The van der Waals surface area contributed by atoms with Gasteiger partial charge in [-0.05, 0) is 47.2 Å². The summed E-state index contributed by atoms with van der Waals surface area (Å²) < 4.78 is 21.3. The maximum atomic E-state index is 14.2. The van der Waals surface area contributed by atoms with Gasteiger partial charge < -0.3 is 10.1 Å². The van der Waals surface area contributed by atoms with Crippen molar-refractivity contribution in [2.75, 3.05) is 11.9 Å². The molecule has 1 aliphatic heterocycles. The third-order valence-corrected chi connectivity index (χ3v) is 6.05. The molecule has 31 heavy (non-hydrogen) atoms. The van der Waals surface area contributed by atoms with Crippen molar-refractivity contribution in [1.82, 2.24) is 4.68 Å². The van der Waals surface area contributed by atoms with Crippen LogP contribution in [-0.4, -0.2) is 23.4 Å². The second-order valence-electron chi connectivity index (χ2n) is 6.63. The first kappa shape index (κ1) is 19.4. The maximum Gasteiger partial charge on any atom is 0.262 e. The van der Waals surface area contributed by atoms with Gasteiger partial charge in [-0.25, -0.2) is 14.1 Å². The molecule has 5 rings (SSSR count). The Morgan fingerprint density at radius 1 is 1.16 bits per heavy atom. The van der Waals surface area contributed by atoms with Gasteiger partial charge in [-0.15, -0.1) is 11.3 Å². The van der Waals surface area contributed by atoms with Crippen LogP contribution < -0.4 is 14.9 Å². The van der Waals surface area contributed by atoms with E-state index in [1.165, 1.54) is 17.4 Å². The van der Waals surface area contributed by atoms with E-state index >= 15 is 0 Å². The van der Waals surface area contributed by atoms with Crippen LogP contribution >= 0.6 is 22.7 Å². The predicted molar refractivity (Wildman–Crippen MR) is 121 cm³/mol. The predicted octanol–water partition coefficient (Wildman–Crippen LogP) is 4.86. The monoisotopic (exact) mass is 450 g/mol. The summed E-state index contributed by atoms with van der Waals surface area (Å²) in [6.45, 7) is 0.00139. The summed E-state index contributed by atoms with van der Waals surface area (Å²) in [7, 11) is 0. The molecule has 2 aromatic heterocycles. The van der Waals surface area contributed by atoms with E-state index in [1.54, 1.807) is 40.4 Å². The number of fused-ring (bicyclic) bond motifs is 1. The van der Waals surface area contributed by atoms with Crippen LogP contribution in [0.3, 0.4) is 0 Å². The number of para-hydroxylation sites is 1. The number of thiazole rings is 1. The fourth-order valence-electron chi connectivity index (χ4n) is 3.05. The summed E-state index contributed by atoms with van der Waals surface area (Å²) in [5, 5.41) is 13.3. The highest BCUT2D eigenvalue weighted by atomic mass is 32.1. The molecule has 0 spiro atoms. The van der Waals surface area contributed by atoms with Crippen LogP contribution in [0.2, 0.25) is 0 Å². The molecule has 1 N–H and O–H groups in total. The van der Waals surface area contributed by atoms with E-state index < -0.39 is 5.82 Å². The first-order valence-corrected chi connectivity index (χ1v) is 11.1. The van der Waals surface area contributed by atoms with Gasteiger partial charge in [0.2, 0.25) is 4.80 Å². The molecule has 0 radical (unpaired) electrons. The number of ether oxygens (including phenoxy) is 1. The fourth-order valence-corrected chi connectivity index (χ4v) is 4.51. The lowest BCUT2D eigenvalue weighted by atomic mass is 10.1. The van der Waals surface area contributed by atoms with E-state index in [0.717, 1.165) is 16.8 Å². The zero-order valence-corrected chi connectivity index (χ0v) is 17.6. The fraction of sp³-hybridized carbons (Fsp3) is 0.0455. The zero-order valence-electron chi connectivity index (χ0n) is 16.0. The summed E-state index contributed by atoms with van der Waals surface area (Å²) in [6.07, 6.45) is 1.73.